The van der Waals surface area contributed by atoms with Crippen molar-refractivity contribution in [1.29, 1.82) is 0 Å². The standard InChI is InChI=1S/C19H26N4O2/c1-25-18-5-2-17(3-6-18)4-7-19(24)23-14-12-21(13-15-23)10-11-22-9-8-20-16-22/h2-3,5-6,8-9,16H,4,7,10-15H2,1H3. The molecule has 0 atom stereocenters. The van der Waals surface area contributed by atoms with Gasteiger partial charge in [0.05, 0.1) is 13.4 Å². The van der Waals surface area contributed by atoms with Crippen molar-refractivity contribution in [2.45, 2.75) is 19.4 Å². The number of carbonyl (C=O) groups is 1. The van der Waals surface area contributed by atoms with E-state index >= 15 is 0 Å². The van der Waals surface area contributed by atoms with Gasteiger partial charge in [-0.2, -0.15) is 0 Å². The van der Waals surface area contributed by atoms with Gasteiger partial charge in [0.25, 0.3) is 0 Å². The number of benzene rings is 1. The van der Waals surface area contributed by atoms with Crippen LogP contribution in [0.5, 0.6) is 5.75 Å². The normalized spacial score (nSPS) is 15.3. The molecule has 134 valence electrons. The van der Waals surface area contributed by atoms with E-state index < -0.39 is 0 Å². The molecule has 2 aromatic rings. The molecule has 2 heterocycles. The summed E-state index contributed by atoms with van der Waals surface area (Å²) in [5, 5.41) is 0. The average Bonchev–Trinajstić information content (AvgIpc) is 3.19. The molecule has 0 N–H and O–H groups in total. The number of amides is 1. The van der Waals surface area contributed by atoms with E-state index in [0.717, 1.165) is 51.4 Å². The molecule has 1 fully saturated rings. The van der Waals surface area contributed by atoms with E-state index in [4.69, 9.17) is 4.74 Å². The zero-order valence-electron chi connectivity index (χ0n) is 14.8. The van der Waals surface area contributed by atoms with Crippen molar-refractivity contribution in [1.82, 2.24) is 19.4 Å². The van der Waals surface area contributed by atoms with Crippen molar-refractivity contribution in [2.75, 3.05) is 39.8 Å². The molecular weight excluding hydrogens is 316 g/mol. The van der Waals surface area contributed by atoms with Gasteiger partial charge in [-0.15, -0.1) is 0 Å². The van der Waals surface area contributed by atoms with E-state index in [2.05, 4.69) is 14.5 Å². The van der Waals surface area contributed by atoms with Gasteiger partial charge in [0.1, 0.15) is 5.75 Å². The summed E-state index contributed by atoms with van der Waals surface area (Å²) in [6.07, 6.45) is 6.99. The zero-order chi connectivity index (χ0) is 17.5. The molecule has 0 spiro atoms. The largest absolute Gasteiger partial charge is 0.497 e. The Morgan fingerprint density at radius 1 is 1.12 bits per heavy atom. The first kappa shape index (κ1) is 17.5. The van der Waals surface area contributed by atoms with E-state index in [0.29, 0.717) is 6.42 Å². The number of aromatic nitrogens is 2. The number of ether oxygens (including phenoxy) is 1. The van der Waals surface area contributed by atoms with Crippen LogP contribution < -0.4 is 4.74 Å². The fraction of sp³-hybridized carbons (Fsp3) is 0.474. The Balaban J connectivity index is 1.37. The molecular formula is C19H26N4O2. The van der Waals surface area contributed by atoms with Crippen LogP contribution in [0.4, 0.5) is 0 Å². The highest BCUT2D eigenvalue weighted by Gasteiger charge is 2.20. The van der Waals surface area contributed by atoms with Crippen molar-refractivity contribution in [3.05, 3.63) is 48.5 Å². The van der Waals surface area contributed by atoms with Crippen LogP contribution in [-0.4, -0.2) is 65.1 Å². The van der Waals surface area contributed by atoms with Crippen LogP contribution in [0.15, 0.2) is 43.0 Å². The number of rotatable bonds is 7. The van der Waals surface area contributed by atoms with E-state index in [-0.39, 0.29) is 5.91 Å². The number of imidazole rings is 1. The topological polar surface area (TPSA) is 50.6 Å². The van der Waals surface area contributed by atoms with E-state index in [1.807, 2.05) is 41.7 Å². The van der Waals surface area contributed by atoms with Gasteiger partial charge in [0.2, 0.25) is 5.91 Å². The molecule has 6 heteroatoms. The fourth-order valence-corrected chi connectivity index (χ4v) is 3.10. The van der Waals surface area contributed by atoms with Crippen LogP contribution in [0, 0.1) is 0 Å². The fourth-order valence-electron chi connectivity index (χ4n) is 3.10. The van der Waals surface area contributed by atoms with Crippen LogP contribution >= 0.6 is 0 Å². The maximum absolute atomic E-state index is 12.4. The maximum atomic E-state index is 12.4. The first-order valence-corrected chi connectivity index (χ1v) is 8.83. The molecule has 1 aromatic heterocycles. The lowest BCUT2D eigenvalue weighted by Gasteiger charge is -2.34. The Morgan fingerprint density at radius 2 is 1.88 bits per heavy atom. The van der Waals surface area contributed by atoms with Gasteiger partial charge in [0.15, 0.2) is 0 Å². The summed E-state index contributed by atoms with van der Waals surface area (Å²) < 4.78 is 7.25. The predicted octanol–water partition coefficient (Wildman–Crippen LogP) is 1.67. The Bertz CT molecular complexity index is 647. The van der Waals surface area contributed by atoms with Gasteiger partial charge in [-0.05, 0) is 24.1 Å². The number of hydrogen-bond donors (Lipinski definition) is 0. The maximum Gasteiger partial charge on any atom is 0.222 e. The first-order chi connectivity index (χ1) is 12.2. The summed E-state index contributed by atoms with van der Waals surface area (Å²) >= 11 is 0. The molecule has 3 rings (SSSR count). The summed E-state index contributed by atoms with van der Waals surface area (Å²) in [5.74, 6) is 1.10. The number of carbonyl (C=O) groups excluding carboxylic acids is 1. The Labute approximate surface area is 149 Å². The van der Waals surface area contributed by atoms with Gasteiger partial charge in [-0.1, -0.05) is 12.1 Å². The molecule has 0 unspecified atom stereocenters. The molecule has 0 saturated carbocycles. The lowest BCUT2D eigenvalue weighted by Crippen LogP contribution is -2.49. The molecule has 1 aliphatic heterocycles. The molecule has 25 heavy (non-hydrogen) atoms. The number of methoxy groups -OCH3 is 1. The second kappa shape index (κ2) is 8.67. The Kier molecular flexibility index (Phi) is 6.06. The Hall–Kier alpha value is -2.34. The van der Waals surface area contributed by atoms with Gasteiger partial charge in [-0.25, -0.2) is 4.98 Å². The lowest BCUT2D eigenvalue weighted by molar-refractivity contribution is -0.132. The summed E-state index contributed by atoms with van der Waals surface area (Å²) in [4.78, 5) is 20.9. The highest BCUT2D eigenvalue weighted by molar-refractivity contribution is 5.76. The Morgan fingerprint density at radius 3 is 2.52 bits per heavy atom. The monoisotopic (exact) mass is 342 g/mol. The predicted molar refractivity (Wildman–Crippen MR) is 96.6 cm³/mol. The van der Waals surface area contributed by atoms with Crippen molar-refractivity contribution in [3.8, 4) is 5.75 Å². The second-order valence-corrected chi connectivity index (χ2v) is 6.37. The van der Waals surface area contributed by atoms with Crippen molar-refractivity contribution < 1.29 is 9.53 Å². The van der Waals surface area contributed by atoms with Gasteiger partial charge in [0, 0.05) is 58.1 Å². The zero-order valence-corrected chi connectivity index (χ0v) is 14.8. The van der Waals surface area contributed by atoms with E-state index in [1.54, 1.807) is 13.3 Å². The minimum absolute atomic E-state index is 0.255. The van der Waals surface area contributed by atoms with Crippen LogP contribution in [0.3, 0.4) is 0 Å². The van der Waals surface area contributed by atoms with Crippen LogP contribution in [0.25, 0.3) is 0 Å². The van der Waals surface area contributed by atoms with Crippen molar-refractivity contribution in [2.24, 2.45) is 0 Å². The SMILES string of the molecule is COc1ccc(CCC(=O)N2CCN(CCn3ccnc3)CC2)cc1. The summed E-state index contributed by atoms with van der Waals surface area (Å²) in [5.41, 5.74) is 1.17. The molecule has 1 amide bonds. The molecule has 1 aromatic carbocycles. The van der Waals surface area contributed by atoms with Gasteiger partial charge in [-0.3, -0.25) is 9.69 Å². The number of piperazine rings is 1. The molecule has 1 aliphatic rings. The molecule has 0 radical (unpaired) electrons. The lowest BCUT2D eigenvalue weighted by atomic mass is 10.1. The minimum Gasteiger partial charge on any atom is -0.497 e. The van der Waals surface area contributed by atoms with Crippen LogP contribution in [-0.2, 0) is 17.8 Å². The van der Waals surface area contributed by atoms with Gasteiger partial charge >= 0.3 is 0 Å². The third-order valence-corrected chi connectivity index (χ3v) is 4.75. The minimum atomic E-state index is 0.255. The van der Waals surface area contributed by atoms with Crippen molar-refractivity contribution in [3.63, 3.8) is 0 Å². The summed E-state index contributed by atoms with van der Waals surface area (Å²) in [6, 6.07) is 7.94. The quantitative estimate of drug-likeness (QED) is 0.768. The number of aryl methyl sites for hydroxylation is 1. The highest BCUT2D eigenvalue weighted by Crippen LogP contribution is 2.13. The van der Waals surface area contributed by atoms with Crippen LogP contribution in [0.1, 0.15) is 12.0 Å². The second-order valence-electron chi connectivity index (χ2n) is 6.37. The van der Waals surface area contributed by atoms with Crippen molar-refractivity contribution >= 4 is 5.91 Å². The molecule has 0 aliphatic carbocycles. The molecule has 0 bridgehead atoms. The highest BCUT2D eigenvalue weighted by atomic mass is 16.5. The third-order valence-electron chi connectivity index (χ3n) is 4.75. The third kappa shape index (κ3) is 5.06. The first-order valence-electron chi connectivity index (χ1n) is 8.83. The molecule has 1 saturated heterocycles. The smallest absolute Gasteiger partial charge is 0.222 e. The van der Waals surface area contributed by atoms with Gasteiger partial charge < -0.3 is 14.2 Å². The van der Waals surface area contributed by atoms with Crippen LogP contribution in [0.2, 0.25) is 0 Å². The molecule has 6 nitrogen and oxygen atoms in total. The van der Waals surface area contributed by atoms with E-state index in [9.17, 15) is 4.79 Å². The summed E-state index contributed by atoms with van der Waals surface area (Å²) in [6.45, 7) is 5.50. The number of nitrogens with zero attached hydrogens (tertiary/aromatic N) is 4. The van der Waals surface area contributed by atoms with E-state index in [1.165, 1.54) is 5.56 Å². The number of hydrogen-bond acceptors (Lipinski definition) is 4. The summed E-state index contributed by atoms with van der Waals surface area (Å²) in [7, 11) is 1.66. The average molecular weight is 342 g/mol.